The Hall–Kier alpha value is 0.423. The Kier molecular flexibility index (Phi) is 10.8. The fourth-order valence-electron chi connectivity index (χ4n) is 0.974. The van der Waals surface area contributed by atoms with Crippen molar-refractivity contribution in [1.29, 1.82) is 0 Å². The van der Waals surface area contributed by atoms with Crippen molar-refractivity contribution < 1.29 is 15.1 Å². The standard InChI is InChI=1S/C10H13.2ClH.Rh/c1-2-3-7-10-8-5-4-6-9-10;;;/h4-6,8-9H,1-3,7H2;2*1H;/q-1;;;+3/p-2. The van der Waals surface area contributed by atoms with Crippen molar-refractivity contribution in [3.05, 3.63) is 42.8 Å². The van der Waals surface area contributed by atoms with Crippen LogP contribution in [-0.2, 0) is 21.6 Å². The second kappa shape index (κ2) is 10.5. The molecule has 0 aliphatic rings. The first kappa shape index (κ1) is 13.4. The van der Waals surface area contributed by atoms with E-state index in [0.29, 0.717) is 0 Å². The van der Waals surface area contributed by atoms with Crippen molar-refractivity contribution in [2.45, 2.75) is 19.3 Å². The topological polar surface area (TPSA) is 0 Å². The van der Waals surface area contributed by atoms with Crippen molar-refractivity contribution in [3.8, 4) is 0 Å². The molecule has 0 aliphatic heterocycles. The average Bonchev–Trinajstić information content (AvgIpc) is 2.18. The number of aryl methyl sites for hydroxylation is 1. The van der Waals surface area contributed by atoms with Crippen LogP contribution in [0.5, 0.6) is 0 Å². The molecular weight excluding hydrogens is 294 g/mol. The van der Waals surface area contributed by atoms with Gasteiger partial charge in [0.1, 0.15) is 0 Å². The molecule has 0 N–H and O–H groups in total. The zero-order valence-corrected chi connectivity index (χ0v) is 10.5. The van der Waals surface area contributed by atoms with E-state index in [0.717, 1.165) is 6.42 Å². The van der Waals surface area contributed by atoms with Gasteiger partial charge in [-0.05, 0) is 12.0 Å². The van der Waals surface area contributed by atoms with Gasteiger partial charge in [0.25, 0.3) is 0 Å². The molecule has 1 rings (SSSR count). The monoisotopic (exact) mass is 306 g/mol. The second-order valence-electron chi connectivity index (χ2n) is 2.49. The third kappa shape index (κ3) is 8.75. The van der Waals surface area contributed by atoms with Crippen LogP contribution < -0.4 is 0 Å². The molecule has 1 aromatic rings. The minimum atomic E-state index is -0.226. The van der Waals surface area contributed by atoms with Gasteiger partial charge in [0.15, 0.2) is 0 Å². The summed E-state index contributed by atoms with van der Waals surface area (Å²) in [7, 11) is 9.67. The van der Waals surface area contributed by atoms with E-state index in [-0.39, 0.29) is 15.1 Å². The average molecular weight is 307 g/mol. The molecule has 0 nitrogen and oxygen atoms in total. The Balaban J connectivity index is 0.000000424. The first-order valence-corrected chi connectivity index (χ1v) is 8.24. The third-order valence-electron chi connectivity index (χ3n) is 1.56. The summed E-state index contributed by atoms with van der Waals surface area (Å²) in [4.78, 5) is 0. The van der Waals surface area contributed by atoms with Crippen molar-refractivity contribution >= 4 is 19.4 Å². The molecule has 13 heavy (non-hydrogen) atoms. The summed E-state index contributed by atoms with van der Waals surface area (Å²) < 4.78 is 0. The van der Waals surface area contributed by atoms with Gasteiger partial charge in [-0.1, -0.05) is 36.8 Å². The zero-order chi connectivity index (χ0) is 9.94. The van der Waals surface area contributed by atoms with Crippen LogP contribution >= 0.6 is 19.4 Å². The fourth-order valence-corrected chi connectivity index (χ4v) is 0.974. The summed E-state index contributed by atoms with van der Waals surface area (Å²) in [5.41, 5.74) is 1.42. The summed E-state index contributed by atoms with van der Waals surface area (Å²) in [5.74, 6) is 0. The Morgan fingerprint density at radius 2 is 1.69 bits per heavy atom. The van der Waals surface area contributed by atoms with Crippen LogP contribution in [0.3, 0.4) is 0 Å². The molecular formula is C10H13Cl2Rh. The van der Waals surface area contributed by atoms with Gasteiger partial charge < -0.3 is 6.92 Å². The van der Waals surface area contributed by atoms with Crippen LogP contribution in [-0.4, -0.2) is 0 Å². The van der Waals surface area contributed by atoms with E-state index in [4.69, 9.17) is 19.4 Å². The van der Waals surface area contributed by atoms with Crippen LogP contribution in [0.1, 0.15) is 18.4 Å². The molecule has 0 aliphatic carbocycles. The van der Waals surface area contributed by atoms with E-state index in [1.54, 1.807) is 0 Å². The van der Waals surface area contributed by atoms with Gasteiger partial charge in [-0.25, -0.2) is 0 Å². The Morgan fingerprint density at radius 3 is 2.15 bits per heavy atom. The Morgan fingerprint density at radius 1 is 1.15 bits per heavy atom. The van der Waals surface area contributed by atoms with E-state index >= 15 is 0 Å². The van der Waals surface area contributed by atoms with E-state index in [1.165, 1.54) is 18.4 Å². The summed E-state index contributed by atoms with van der Waals surface area (Å²) in [6, 6.07) is 10.5. The van der Waals surface area contributed by atoms with Crippen LogP contribution in [0.15, 0.2) is 30.3 Å². The summed E-state index contributed by atoms with van der Waals surface area (Å²) in [6.45, 7) is 3.80. The fraction of sp³-hybridized carbons (Fsp3) is 0.300. The quantitative estimate of drug-likeness (QED) is 0.579. The molecule has 0 saturated heterocycles. The first-order valence-electron chi connectivity index (χ1n) is 4.02. The molecule has 0 aromatic heterocycles. The maximum atomic E-state index is 4.83. The number of hydrogen-bond acceptors (Lipinski definition) is 0. The molecule has 0 spiro atoms. The molecule has 0 unspecified atom stereocenters. The maximum absolute atomic E-state index is 4.83. The van der Waals surface area contributed by atoms with Gasteiger partial charge in [-0.15, -0.1) is 0 Å². The molecule has 0 fully saturated rings. The van der Waals surface area contributed by atoms with E-state index in [1.807, 2.05) is 6.07 Å². The van der Waals surface area contributed by atoms with Gasteiger partial charge in [-0.3, -0.25) is 0 Å². The van der Waals surface area contributed by atoms with E-state index < -0.39 is 0 Å². The van der Waals surface area contributed by atoms with Crippen LogP contribution in [0.2, 0.25) is 0 Å². The molecule has 0 atom stereocenters. The molecule has 0 amide bonds. The Labute approximate surface area is 96.3 Å². The second-order valence-corrected chi connectivity index (χ2v) is 4.98. The predicted molar refractivity (Wildman–Crippen MR) is 56.4 cm³/mol. The number of unbranched alkanes of at least 4 members (excludes halogenated alkanes) is 1. The summed E-state index contributed by atoms with van der Waals surface area (Å²) in [6.07, 6.45) is 3.41. The molecule has 1 aromatic carbocycles. The van der Waals surface area contributed by atoms with E-state index in [2.05, 4.69) is 31.2 Å². The minimum absolute atomic E-state index is 0.226. The predicted octanol–water partition coefficient (Wildman–Crippen LogP) is 4.22. The number of benzene rings is 1. The summed E-state index contributed by atoms with van der Waals surface area (Å²) in [5, 5.41) is 0. The van der Waals surface area contributed by atoms with Crippen molar-refractivity contribution in [2.75, 3.05) is 0 Å². The van der Waals surface area contributed by atoms with Gasteiger partial charge in [-0.2, -0.15) is 6.42 Å². The summed E-state index contributed by atoms with van der Waals surface area (Å²) >= 11 is -0.226. The van der Waals surface area contributed by atoms with Gasteiger partial charge >= 0.3 is 34.5 Å². The molecule has 76 valence electrons. The zero-order valence-electron chi connectivity index (χ0n) is 7.30. The van der Waals surface area contributed by atoms with E-state index in [9.17, 15) is 0 Å². The first-order chi connectivity index (χ1) is 6.35. The van der Waals surface area contributed by atoms with Crippen molar-refractivity contribution in [2.24, 2.45) is 0 Å². The molecule has 0 bridgehead atoms. The van der Waals surface area contributed by atoms with Crippen molar-refractivity contribution in [1.82, 2.24) is 0 Å². The van der Waals surface area contributed by atoms with Gasteiger partial charge in [0.2, 0.25) is 0 Å². The van der Waals surface area contributed by atoms with Gasteiger partial charge in [0.05, 0.1) is 0 Å². The van der Waals surface area contributed by atoms with Crippen molar-refractivity contribution in [3.63, 3.8) is 0 Å². The number of halogens is 2. The van der Waals surface area contributed by atoms with Crippen LogP contribution in [0, 0.1) is 6.92 Å². The van der Waals surface area contributed by atoms with Gasteiger partial charge in [0, 0.05) is 0 Å². The molecule has 0 radical (unpaired) electrons. The number of hydrogen-bond donors (Lipinski definition) is 0. The SMILES string of the molecule is [CH2-]CCCc1ccccc1.[Cl][Rh+][Cl]. The molecule has 3 heteroatoms. The number of rotatable bonds is 3. The normalized spacial score (nSPS) is 9.15. The molecule has 0 heterocycles. The Bertz CT molecular complexity index is 189. The third-order valence-corrected chi connectivity index (χ3v) is 1.56. The van der Waals surface area contributed by atoms with Crippen LogP contribution in [0.4, 0.5) is 0 Å². The van der Waals surface area contributed by atoms with Crippen LogP contribution in [0.25, 0.3) is 0 Å². The molecule has 0 saturated carbocycles.